The van der Waals surface area contributed by atoms with Crippen LogP contribution in [0.2, 0.25) is 15.5 Å². The predicted octanol–water partition coefficient (Wildman–Crippen LogP) is 2.42. The number of anilines is 3. The van der Waals surface area contributed by atoms with E-state index in [-0.39, 0.29) is 0 Å². The molecule has 0 aromatic carbocycles. The maximum atomic E-state index is 6.12. The molecule has 0 radical (unpaired) electrons. The summed E-state index contributed by atoms with van der Waals surface area (Å²) in [6.07, 6.45) is 0. The first-order valence-electron chi connectivity index (χ1n) is 13.5. The number of rotatable bonds is 3. The first-order valence-corrected chi connectivity index (χ1v) is 14.6. The monoisotopic (exact) mass is 618 g/mol. The van der Waals surface area contributed by atoms with Crippen molar-refractivity contribution >= 4 is 52.5 Å². The molecule has 4 fully saturated rings. The second-order valence-corrected chi connectivity index (χ2v) is 10.6. The molecule has 0 spiro atoms. The highest BCUT2D eigenvalue weighted by atomic mass is 35.5. The van der Waals surface area contributed by atoms with Gasteiger partial charge < -0.3 is 39.0 Å². The first-order chi connectivity index (χ1) is 19.5. The lowest BCUT2D eigenvalue weighted by molar-refractivity contribution is 0.0824. The number of nitrogens with one attached hydrogen (secondary N) is 1. The summed E-state index contributed by atoms with van der Waals surface area (Å²) in [6, 6.07) is 3.90. The molecule has 2 aromatic rings. The molecule has 1 atom stereocenters. The molecule has 6 heterocycles. The summed E-state index contributed by atoms with van der Waals surface area (Å²) in [5, 5.41) is 4.48. The third kappa shape index (κ3) is 10.3. The van der Waals surface area contributed by atoms with E-state index in [2.05, 4.69) is 42.0 Å². The van der Waals surface area contributed by atoms with Gasteiger partial charge in [0.2, 0.25) is 11.9 Å². The molecule has 2 aromatic heterocycles. The van der Waals surface area contributed by atoms with Crippen molar-refractivity contribution in [1.29, 1.82) is 0 Å². The molecular formula is C25H37Cl3N8O4. The number of nitrogens with zero attached hydrogens (tertiary/aromatic N) is 7. The number of aromatic nitrogens is 4. The van der Waals surface area contributed by atoms with Crippen LogP contribution in [-0.4, -0.2) is 125 Å². The molecule has 1 N–H and O–H groups in total. The van der Waals surface area contributed by atoms with Crippen LogP contribution in [0.5, 0.6) is 0 Å². The molecule has 0 saturated carbocycles. The minimum Gasteiger partial charge on any atom is -0.379 e. The van der Waals surface area contributed by atoms with E-state index < -0.39 is 0 Å². The molecule has 15 heteroatoms. The van der Waals surface area contributed by atoms with Gasteiger partial charge in [-0.25, -0.2) is 15.0 Å². The smallest absolute Gasteiger partial charge is 0.228 e. The Balaban J connectivity index is 0.000000154. The molecule has 4 aliphatic rings. The van der Waals surface area contributed by atoms with Crippen LogP contribution in [0.3, 0.4) is 0 Å². The van der Waals surface area contributed by atoms with Gasteiger partial charge in [0.1, 0.15) is 21.3 Å². The van der Waals surface area contributed by atoms with Crippen LogP contribution in [0.25, 0.3) is 0 Å². The summed E-state index contributed by atoms with van der Waals surface area (Å²) in [6.45, 7) is 14.0. The van der Waals surface area contributed by atoms with E-state index in [1.807, 2.05) is 11.0 Å². The summed E-state index contributed by atoms with van der Waals surface area (Å²) in [7, 11) is 0. The lowest BCUT2D eigenvalue weighted by Gasteiger charge is -2.30. The minimum absolute atomic E-state index is 0.367. The zero-order valence-corrected chi connectivity index (χ0v) is 25.0. The standard InChI is InChI=1S/C12H17ClN4O2.C8H9Cl2N3O.C5H11NO/c13-10-9-11(16-1-5-18-6-2-16)15-12(14-10)17-3-7-19-8-4-17;9-6-5-7(10)12-8(11-6)13-1-3-14-4-2-13;1-5-4-7-3-2-6-5/h9H,1-8H2;5H,1-4H2;5-6H,2-4H2,1H3/t;;5-/m..0/s1. The predicted molar refractivity (Wildman–Crippen MR) is 156 cm³/mol. The fourth-order valence-electron chi connectivity index (χ4n) is 4.23. The van der Waals surface area contributed by atoms with E-state index in [0.29, 0.717) is 59.8 Å². The van der Waals surface area contributed by atoms with Gasteiger partial charge in [-0.05, 0) is 6.92 Å². The van der Waals surface area contributed by atoms with Crippen LogP contribution in [0.1, 0.15) is 6.92 Å². The third-order valence-electron chi connectivity index (χ3n) is 6.35. The van der Waals surface area contributed by atoms with Crippen molar-refractivity contribution in [2.45, 2.75) is 13.0 Å². The first kappa shape index (κ1) is 31.2. The van der Waals surface area contributed by atoms with Gasteiger partial charge in [-0.2, -0.15) is 4.98 Å². The number of ether oxygens (including phenoxy) is 4. The topological polar surface area (TPSA) is 110 Å². The molecule has 4 aliphatic heterocycles. The molecular weight excluding hydrogens is 583 g/mol. The van der Waals surface area contributed by atoms with Crippen molar-refractivity contribution in [2.75, 3.05) is 113 Å². The summed E-state index contributed by atoms with van der Waals surface area (Å²) in [5.41, 5.74) is 0. The fourth-order valence-corrected chi connectivity index (χ4v) is 4.82. The van der Waals surface area contributed by atoms with Crippen molar-refractivity contribution < 1.29 is 18.9 Å². The van der Waals surface area contributed by atoms with Crippen LogP contribution in [0.4, 0.5) is 17.7 Å². The Morgan fingerprint density at radius 3 is 1.50 bits per heavy atom. The molecule has 0 aliphatic carbocycles. The van der Waals surface area contributed by atoms with E-state index >= 15 is 0 Å². The van der Waals surface area contributed by atoms with Gasteiger partial charge in [-0.3, -0.25) is 0 Å². The molecule has 6 rings (SSSR count). The lowest BCUT2D eigenvalue weighted by Crippen LogP contribution is -2.39. The van der Waals surface area contributed by atoms with Gasteiger partial charge in [0.15, 0.2) is 0 Å². The third-order valence-corrected chi connectivity index (χ3v) is 6.93. The quantitative estimate of drug-likeness (QED) is 0.510. The summed E-state index contributed by atoms with van der Waals surface area (Å²) in [5.74, 6) is 2.15. The summed E-state index contributed by atoms with van der Waals surface area (Å²) in [4.78, 5) is 23.4. The highest BCUT2D eigenvalue weighted by molar-refractivity contribution is 6.33. The molecule has 0 unspecified atom stereocenters. The van der Waals surface area contributed by atoms with Gasteiger partial charge in [-0.15, -0.1) is 0 Å². The van der Waals surface area contributed by atoms with Gasteiger partial charge in [0.25, 0.3) is 0 Å². The Morgan fingerprint density at radius 1 is 0.625 bits per heavy atom. The van der Waals surface area contributed by atoms with Crippen molar-refractivity contribution in [2.24, 2.45) is 0 Å². The Bertz CT molecular complexity index is 979. The molecule has 0 amide bonds. The Kier molecular flexibility index (Phi) is 12.9. The molecule has 40 heavy (non-hydrogen) atoms. The summed E-state index contributed by atoms with van der Waals surface area (Å²) >= 11 is 17.7. The lowest BCUT2D eigenvalue weighted by atomic mass is 10.3. The molecule has 12 nitrogen and oxygen atoms in total. The van der Waals surface area contributed by atoms with E-state index in [0.717, 1.165) is 78.1 Å². The second kappa shape index (κ2) is 16.6. The fraction of sp³-hybridized carbons (Fsp3) is 0.680. The Morgan fingerprint density at radius 2 is 1.07 bits per heavy atom. The maximum absolute atomic E-state index is 6.12. The average molecular weight is 620 g/mol. The normalized spacial score (nSPS) is 21.6. The van der Waals surface area contributed by atoms with Crippen LogP contribution in [-0.2, 0) is 18.9 Å². The van der Waals surface area contributed by atoms with Gasteiger partial charge in [-0.1, -0.05) is 34.8 Å². The largest absolute Gasteiger partial charge is 0.379 e. The van der Waals surface area contributed by atoms with Gasteiger partial charge in [0.05, 0.1) is 52.9 Å². The SMILES string of the molecule is C[C@H]1COCCN1.Clc1cc(Cl)nc(N2CCOCC2)n1.Clc1cc(N2CCOCC2)nc(N2CCOCC2)n1. The van der Waals surface area contributed by atoms with Gasteiger partial charge in [0, 0.05) is 64.0 Å². The average Bonchev–Trinajstić information content (AvgIpc) is 2.99. The zero-order chi connectivity index (χ0) is 28.2. The summed E-state index contributed by atoms with van der Waals surface area (Å²) < 4.78 is 21.0. The number of hydrogen-bond acceptors (Lipinski definition) is 12. The van der Waals surface area contributed by atoms with Crippen molar-refractivity contribution in [3.63, 3.8) is 0 Å². The van der Waals surface area contributed by atoms with Crippen LogP contribution >= 0.6 is 34.8 Å². The molecule has 4 saturated heterocycles. The van der Waals surface area contributed by atoms with E-state index in [9.17, 15) is 0 Å². The highest BCUT2D eigenvalue weighted by Gasteiger charge is 2.19. The van der Waals surface area contributed by atoms with E-state index in [1.54, 1.807) is 0 Å². The second-order valence-electron chi connectivity index (χ2n) is 9.39. The van der Waals surface area contributed by atoms with Crippen molar-refractivity contribution in [1.82, 2.24) is 25.3 Å². The maximum Gasteiger partial charge on any atom is 0.228 e. The Hall–Kier alpha value is -1.77. The van der Waals surface area contributed by atoms with E-state index in [1.165, 1.54) is 6.07 Å². The number of morpholine rings is 4. The van der Waals surface area contributed by atoms with Crippen LogP contribution in [0, 0.1) is 0 Å². The molecule has 0 bridgehead atoms. The van der Waals surface area contributed by atoms with Gasteiger partial charge >= 0.3 is 0 Å². The number of halogens is 3. The zero-order valence-electron chi connectivity index (χ0n) is 22.7. The highest BCUT2D eigenvalue weighted by Crippen LogP contribution is 2.22. The van der Waals surface area contributed by atoms with E-state index in [4.69, 9.17) is 53.8 Å². The Labute approximate surface area is 250 Å². The van der Waals surface area contributed by atoms with Crippen LogP contribution < -0.4 is 20.0 Å². The van der Waals surface area contributed by atoms with Crippen LogP contribution in [0.15, 0.2) is 12.1 Å². The molecule has 222 valence electrons. The van der Waals surface area contributed by atoms with Crippen molar-refractivity contribution in [3.05, 3.63) is 27.6 Å². The minimum atomic E-state index is 0.367. The van der Waals surface area contributed by atoms with Crippen molar-refractivity contribution in [3.8, 4) is 0 Å². The number of hydrogen-bond donors (Lipinski definition) is 1.